The lowest BCUT2D eigenvalue weighted by Crippen LogP contribution is -2.48. The average molecular weight is 196 g/mol. The molecule has 2 rings (SSSR count). The highest BCUT2D eigenvalue weighted by atomic mass is 15.1. The third kappa shape index (κ3) is 2.48. The summed E-state index contributed by atoms with van der Waals surface area (Å²) in [6.07, 6.45) is 6.87. The van der Waals surface area contributed by atoms with Crippen molar-refractivity contribution in [1.82, 2.24) is 10.6 Å². The van der Waals surface area contributed by atoms with E-state index < -0.39 is 0 Å². The normalized spacial score (nSPS) is 43.3. The van der Waals surface area contributed by atoms with Gasteiger partial charge in [0.15, 0.2) is 0 Å². The zero-order valence-corrected chi connectivity index (χ0v) is 9.60. The number of hydrogen-bond acceptors (Lipinski definition) is 2. The van der Waals surface area contributed by atoms with Crippen LogP contribution in [0.2, 0.25) is 0 Å². The van der Waals surface area contributed by atoms with Gasteiger partial charge in [0.2, 0.25) is 0 Å². The molecule has 2 aliphatic rings. The van der Waals surface area contributed by atoms with Crippen molar-refractivity contribution in [2.24, 2.45) is 5.92 Å². The third-order valence-corrected chi connectivity index (χ3v) is 3.93. The van der Waals surface area contributed by atoms with E-state index in [2.05, 4.69) is 24.5 Å². The SMILES string of the molecule is CC1CCC(NCC2(C)CCCN2)C1. The molecule has 3 atom stereocenters. The summed E-state index contributed by atoms with van der Waals surface area (Å²) in [6.45, 7) is 7.09. The first-order chi connectivity index (χ1) is 6.68. The van der Waals surface area contributed by atoms with Crippen LogP contribution < -0.4 is 10.6 Å². The van der Waals surface area contributed by atoms with Crippen molar-refractivity contribution in [3.63, 3.8) is 0 Å². The lowest BCUT2D eigenvalue weighted by molar-refractivity contribution is 0.356. The van der Waals surface area contributed by atoms with E-state index in [1.807, 2.05) is 0 Å². The standard InChI is InChI=1S/C12H24N2/c1-10-4-5-11(8-10)13-9-12(2)6-3-7-14-12/h10-11,13-14H,3-9H2,1-2H3. The van der Waals surface area contributed by atoms with Crippen LogP contribution in [0.15, 0.2) is 0 Å². The summed E-state index contributed by atoms with van der Waals surface area (Å²) in [7, 11) is 0. The quantitative estimate of drug-likeness (QED) is 0.720. The summed E-state index contributed by atoms with van der Waals surface area (Å²) in [5.74, 6) is 0.942. The molecule has 3 unspecified atom stereocenters. The molecule has 1 aliphatic carbocycles. The van der Waals surface area contributed by atoms with Crippen molar-refractivity contribution in [1.29, 1.82) is 0 Å². The molecule has 14 heavy (non-hydrogen) atoms. The highest BCUT2D eigenvalue weighted by molar-refractivity contribution is 4.92. The smallest absolute Gasteiger partial charge is 0.0278 e. The van der Waals surface area contributed by atoms with Crippen LogP contribution in [-0.4, -0.2) is 24.7 Å². The first-order valence-corrected chi connectivity index (χ1v) is 6.16. The maximum absolute atomic E-state index is 3.73. The fraction of sp³-hybridized carbons (Fsp3) is 1.00. The summed E-state index contributed by atoms with van der Waals surface area (Å²) < 4.78 is 0. The molecule has 0 bridgehead atoms. The molecule has 1 aliphatic heterocycles. The van der Waals surface area contributed by atoms with Crippen molar-refractivity contribution in [3.05, 3.63) is 0 Å². The van der Waals surface area contributed by atoms with Gasteiger partial charge in [0.05, 0.1) is 0 Å². The molecular formula is C12H24N2. The molecule has 0 radical (unpaired) electrons. The van der Waals surface area contributed by atoms with E-state index in [0.717, 1.165) is 18.5 Å². The summed E-state index contributed by atoms with van der Waals surface area (Å²) in [6, 6.07) is 0.796. The highest BCUT2D eigenvalue weighted by Crippen LogP contribution is 2.25. The maximum Gasteiger partial charge on any atom is 0.0278 e. The van der Waals surface area contributed by atoms with Gasteiger partial charge < -0.3 is 10.6 Å². The van der Waals surface area contributed by atoms with Gasteiger partial charge in [0.1, 0.15) is 0 Å². The minimum absolute atomic E-state index is 0.381. The van der Waals surface area contributed by atoms with E-state index in [0.29, 0.717) is 5.54 Å². The summed E-state index contributed by atoms with van der Waals surface area (Å²) in [4.78, 5) is 0. The van der Waals surface area contributed by atoms with Gasteiger partial charge in [-0.25, -0.2) is 0 Å². The average Bonchev–Trinajstić information content (AvgIpc) is 2.73. The first kappa shape index (κ1) is 10.4. The second-order valence-electron chi connectivity index (χ2n) is 5.59. The monoisotopic (exact) mass is 196 g/mol. The predicted octanol–water partition coefficient (Wildman–Crippen LogP) is 1.91. The Labute approximate surface area is 87.8 Å². The van der Waals surface area contributed by atoms with Crippen LogP contribution in [0.25, 0.3) is 0 Å². The van der Waals surface area contributed by atoms with Crippen LogP contribution in [0.5, 0.6) is 0 Å². The number of hydrogen-bond donors (Lipinski definition) is 2. The molecular weight excluding hydrogens is 172 g/mol. The van der Waals surface area contributed by atoms with E-state index in [4.69, 9.17) is 0 Å². The highest BCUT2D eigenvalue weighted by Gasteiger charge is 2.29. The van der Waals surface area contributed by atoms with Gasteiger partial charge in [-0.2, -0.15) is 0 Å². The molecule has 82 valence electrons. The molecule has 2 nitrogen and oxygen atoms in total. The van der Waals surface area contributed by atoms with Gasteiger partial charge in [0, 0.05) is 18.1 Å². The Bertz CT molecular complexity index is 185. The lowest BCUT2D eigenvalue weighted by Gasteiger charge is -2.27. The summed E-state index contributed by atoms with van der Waals surface area (Å²) in [5.41, 5.74) is 0.381. The predicted molar refractivity (Wildman–Crippen MR) is 60.4 cm³/mol. The first-order valence-electron chi connectivity index (χ1n) is 6.16. The molecule has 1 heterocycles. The third-order valence-electron chi connectivity index (χ3n) is 3.93. The van der Waals surface area contributed by atoms with Crippen molar-refractivity contribution in [2.75, 3.05) is 13.1 Å². The Balaban J connectivity index is 1.71. The molecule has 0 amide bonds. The fourth-order valence-corrected chi connectivity index (χ4v) is 2.87. The molecule has 1 saturated heterocycles. The van der Waals surface area contributed by atoms with E-state index in [9.17, 15) is 0 Å². The molecule has 2 N–H and O–H groups in total. The summed E-state index contributed by atoms with van der Waals surface area (Å²) >= 11 is 0. The minimum Gasteiger partial charge on any atom is -0.312 e. The molecule has 0 spiro atoms. The lowest BCUT2D eigenvalue weighted by atomic mass is 10.00. The second kappa shape index (κ2) is 4.19. The van der Waals surface area contributed by atoms with Gasteiger partial charge in [-0.05, 0) is 51.5 Å². The van der Waals surface area contributed by atoms with E-state index in [1.165, 1.54) is 38.6 Å². The molecule has 0 aromatic heterocycles. The largest absolute Gasteiger partial charge is 0.312 e. The molecule has 1 saturated carbocycles. The van der Waals surface area contributed by atoms with Crippen molar-refractivity contribution in [3.8, 4) is 0 Å². The Hall–Kier alpha value is -0.0800. The van der Waals surface area contributed by atoms with Crippen LogP contribution in [-0.2, 0) is 0 Å². The number of rotatable bonds is 3. The van der Waals surface area contributed by atoms with E-state index in [-0.39, 0.29) is 0 Å². The van der Waals surface area contributed by atoms with Crippen LogP contribution in [0.1, 0.15) is 46.0 Å². The minimum atomic E-state index is 0.381. The van der Waals surface area contributed by atoms with Crippen LogP contribution in [0.4, 0.5) is 0 Å². The fourth-order valence-electron chi connectivity index (χ4n) is 2.87. The van der Waals surface area contributed by atoms with E-state index in [1.54, 1.807) is 0 Å². The number of nitrogens with one attached hydrogen (secondary N) is 2. The van der Waals surface area contributed by atoms with Gasteiger partial charge in [-0.15, -0.1) is 0 Å². The molecule has 0 aromatic carbocycles. The van der Waals surface area contributed by atoms with Gasteiger partial charge >= 0.3 is 0 Å². The zero-order chi connectivity index (χ0) is 10.0. The van der Waals surface area contributed by atoms with Gasteiger partial charge in [-0.3, -0.25) is 0 Å². The summed E-state index contributed by atoms with van der Waals surface area (Å²) in [5, 5.41) is 7.34. The Morgan fingerprint density at radius 1 is 1.43 bits per heavy atom. The molecule has 2 fully saturated rings. The second-order valence-corrected chi connectivity index (χ2v) is 5.59. The van der Waals surface area contributed by atoms with Crippen LogP contribution in [0.3, 0.4) is 0 Å². The van der Waals surface area contributed by atoms with Crippen LogP contribution >= 0.6 is 0 Å². The Morgan fingerprint density at radius 3 is 2.86 bits per heavy atom. The topological polar surface area (TPSA) is 24.1 Å². The zero-order valence-electron chi connectivity index (χ0n) is 9.60. The van der Waals surface area contributed by atoms with Gasteiger partial charge in [0.25, 0.3) is 0 Å². The Kier molecular flexibility index (Phi) is 3.13. The van der Waals surface area contributed by atoms with Crippen molar-refractivity contribution >= 4 is 0 Å². The van der Waals surface area contributed by atoms with Crippen molar-refractivity contribution < 1.29 is 0 Å². The van der Waals surface area contributed by atoms with Crippen molar-refractivity contribution in [2.45, 2.75) is 57.5 Å². The molecule has 2 heteroatoms. The van der Waals surface area contributed by atoms with E-state index >= 15 is 0 Å². The maximum atomic E-state index is 3.73. The Morgan fingerprint density at radius 2 is 2.29 bits per heavy atom. The van der Waals surface area contributed by atoms with Crippen LogP contribution in [0, 0.1) is 5.92 Å². The van der Waals surface area contributed by atoms with Gasteiger partial charge in [-0.1, -0.05) is 6.92 Å². The molecule has 0 aromatic rings.